The predicted octanol–water partition coefficient (Wildman–Crippen LogP) is 3.08. The second-order valence-corrected chi connectivity index (χ2v) is 5.13. The van der Waals surface area contributed by atoms with Gasteiger partial charge in [-0.1, -0.05) is 67.6 Å². The molecule has 0 radical (unpaired) electrons. The van der Waals surface area contributed by atoms with Gasteiger partial charge in [0.25, 0.3) is 0 Å². The fourth-order valence-electron chi connectivity index (χ4n) is 2.56. The Labute approximate surface area is 122 Å². The molecule has 0 aliphatic carbocycles. The van der Waals surface area contributed by atoms with E-state index in [-0.39, 0.29) is 0 Å². The van der Waals surface area contributed by atoms with Crippen LogP contribution >= 0.6 is 0 Å². The lowest BCUT2D eigenvalue weighted by Gasteiger charge is -2.30. The van der Waals surface area contributed by atoms with Crippen LogP contribution in [0.3, 0.4) is 0 Å². The van der Waals surface area contributed by atoms with Gasteiger partial charge in [-0.3, -0.25) is 4.90 Å². The molecule has 2 rings (SSSR count). The molecule has 0 heterocycles. The Hall–Kier alpha value is -1.64. The van der Waals surface area contributed by atoms with Crippen molar-refractivity contribution < 1.29 is 0 Å². The smallest absolute Gasteiger partial charge is 0.0262 e. The van der Waals surface area contributed by atoms with Crippen molar-refractivity contribution in [3.05, 3.63) is 71.8 Å². The van der Waals surface area contributed by atoms with E-state index in [1.807, 2.05) is 0 Å². The van der Waals surface area contributed by atoms with Gasteiger partial charge in [0.05, 0.1) is 0 Å². The number of nitrogens with zero attached hydrogens (tertiary/aromatic N) is 1. The predicted molar refractivity (Wildman–Crippen MR) is 85.5 cm³/mol. The largest absolute Gasteiger partial charge is 0.329 e. The molecule has 106 valence electrons. The Balaban J connectivity index is 2.04. The fourth-order valence-corrected chi connectivity index (χ4v) is 2.56. The summed E-state index contributed by atoms with van der Waals surface area (Å²) in [4.78, 5) is 2.46. The van der Waals surface area contributed by atoms with Gasteiger partial charge in [0.15, 0.2) is 0 Å². The summed E-state index contributed by atoms with van der Waals surface area (Å²) in [7, 11) is 0. The molecule has 0 aliphatic rings. The summed E-state index contributed by atoms with van der Waals surface area (Å²) >= 11 is 0. The Bertz CT molecular complexity index is 434. The normalized spacial score (nSPS) is 12.6. The van der Waals surface area contributed by atoms with E-state index < -0.39 is 0 Å². The molecule has 0 bridgehead atoms. The maximum absolute atomic E-state index is 6.01. The molecule has 0 saturated carbocycles. The minimum absolute atomic E-state index is 0.391. The van der Waals surface area contributed by atoms with E-state index in [9.17, 15) is 0 Å². The molecule has 2 heteroatoms. The number of benzene rings is 2. The number of nitrogens with two attached hydrogens (primary N) is 1. The lowest BCUT2D eigenvalue weighted by atomic mass is 10.0. The highest BCUT2D eigenvalue weighted by Gasteiger charge is 2.16. The first kappa shape index (κ1) is 14.8. The average Bonchev–Trinajstić information content (AvgIpc) is 2.52. The summed E-state index contributed by atoms with van der Waals surface area (Å²) in [5.74, 6) is 0. The molecule has 1 atom stereocenters. The van der Waals surface area contributed by atoms with Crippen LogP contribution in [0.5, 0.6) is 0 Å². The van der Waals surface area contributed by atoms with Gasteiger partial charge in [-0.05, 0) is 24.1 Å². The van der Waals surface area contributed by atoms with Crippen LogP contribution < -0.4 is 5.73 Å². The van der Waals surface area contributed by atoms with Crippen molar-refractivity contribution in [2.24, 2.45) is 5.73 Å². The first-order valence-electron chi connectivity index (χ1n) is 7.35. The monoisotopic (exact) mass is 268 g/mol. The molecule has 2 nitrogen and oxygen atoms in total. The molecule has 1 unspecified atom stereocenters. The van der Waals surface area contributed by atoms with Crippen LogP contribution in [0.1, 0.15) is 18.1 Å². The Morgan fingerprint density at radius 3 is 1.95 bits per heavy atom. The number of hydrogen-bond donors (Lipinski definition) is 1. The maximum Gasteiger partial charge on any atom is 0.0262 e. The molecule has 2 N–H and O–H groups in total. The summed E-state index contributed by atoms with van der Waals surface area (Å²) in [6, 6.07) is 21.6. The van der Waals surface area contributed by atoms with Crippen molar-refractivity contribution in [3.63, 3.8) is 0 Å². The minimum Gasteiger partial charge on any atom is -0.329 e. The summed E-state index contributed by atoms with van der Waals surface area (Å²) in [5.41, 5.74) is 8.71. The number of likely N-dealkylation sites (N-methyl/N-ethyl adjacent to an activating group) is 1. The van der Waals surface area contributed by atoms with Gasteiger partial charge in [-0.2, -0.15) is 0 Å². The van der Waals surface area contributed by atoms with Gasteiger partial charge >= 0.3 is 0 Å². The summed E-state index contributed by atoms with van der Waals surface area (Å²) in [5, 5.41) is 0. The van der Waals surface area contributed by atoms with Crippen molar-refractivity contribution in [2.75, 3.05) is 13.1 Å². The number of rotatable bonds is 7. The van der Waals surface area contributed by atoms with Crippen molar-refractivity contribution in [2.45, 2.75) is 25.9 Å². The minimum atomic E-state index is 0.391. The number of hydrogen-bond acceptors (Lipinski definition) is 2. The molecule has 0 saturated heterocycles. The zero-order valence-corrected chi connectivity index (χ0v) is 12.2. The molecule has 0 aromatic heterocycles. The van der Waals surface area contributed by atoms with Crippen LogP contribution in [0.2, 0.25) is 0 Å². The summed E-state index contributed by atoms with van der Waals surface area (Å²) in [6.45, 7) is 4.88. The second-order valence-electron chi connectivity index (χ2n) is 5.13. The van der Waals surface area contributed by atoms with E-state index in [2.05, 4.69) is 72.5 Å². The first-order chi connectivity index (χ1) is 9.83. The first-order valence-corrected chi connectivity index (χ1v) is 7.35. The van der Waals surface area contributed by atoms with Gasteiger partial charge in [0.1, 0.15) is 0 Å². The summed E-state index contributed by atoms with van der Waals surface area (Å²) < 4.78 is 0. The molecule has 0 spiro atoms. The maximum atomic E-state index is 6.01. The second kappa shape index (κ2) is 7.83. The zero-order valence-electron chi connectivity index (χ0n) is 12.2. The van der Waals surface area contributed by atoms with Crippen LogP contribution in [0.15, 0.2) is 60.7 Å². The molecule has 2 aromatic carbocycles. The molecule has 0 aliphatic heterocycles. The van der Waals surface area contributed by atoms with E-state index in [1.54, 1.807) is 0 Å². The van der Waals surface area contributed by atoms with Crippen LogP contribution in [0.25, 0.3) is 0 Å². The van der Waals surface area contributed by atoms with Crippen molar-refractivity contribution in [1.82, 2.24) is 4.90 Å². The Morgan fingerprint density at radius 1 is 0.900 bits per heavy atom. The van der Waals surface area contributed by atoms with Crippen LogP contribution in [0.4, 0.5) is 0 Å². The summed E-state index contributed by atoms with van der Waals surface area (Å²) in [6.07, 6.45) is 1.01. The van der Waals surface area contributed by atoms with Gasteiger partial charge in [-0.25, -0.2) is 0 Å². The zero-order chi connectivity index (χ0) is 14.2. The Kier molecular flexibility index (Phi) is 5.78. The van der Waals surface area contributed by atoms with E-state index >= 15 is 0 Å². The van der Waals surface area contributed by atoms with Crippen molar-refractivity contribution in [1.29, 1.82) is 0 Å². The van der Waals surface area contributed by atoms with Gasteiger partial charge in [0.2, 0.25) is 0 Å². The SMILES string of the molecule is CCN(Cc1ccccc1)C(CN)Cc1ccccc1. The van der Waals surface area contributed by atoms with Crippen molar-refractivity contribution >= 4 is 0 Å². The lowest BCUT2D eigenvalue weighted by Crippen LogP contribution is -2.41. The van der Waals surface area contributed by atoms with Gasteiger partial charge in [0, 0.05) is 19.1 Å². The molecule has 0 amide bonds. The topological polar surface area (TPSA) is 29.3 Å². The van der Waals surface area contributed by atoms with Gasteiger partial charge in [-0.15, -0.1) is 0 Å². The lowest BCUT2D eigenvalue weighted by molar-refractivity contribution is 0.200. The standard InChI is InChI=1S/C18H24N2/c1-2-20(15-17-11-7-4-8-12-17)18(14-19)13-16-9-5-3-6-10-16/h3-12,18H,2,13-15,19H2,1H3. The van der Waals surface area contributed by atoms with Crippen LogP contribution in [0, 0.1) is 0 Å². The van der Waals surface area contributed by atoms with Crippen molar-refractivity contribution in [3.8, 4) is 0 Å². The highest BCUT2D eigenvalue weighted by atomic mass is 15.2. The third kappa shape index (κ3) is 4.19. The van der Waals surface area contributed by atoms with Gasteiger partial charge < -0.3 is 5.73 Å². The third-order valence-corrected chi connectivity index (χ3v) is 3.74. The van der Waals surface area contributed by atoms with E-state index in [4.69, 9.17) is 5.73 Å². The van der Waals surface area contributed by atoms with Crippen LogP contribution in [-0.4, -0.2) is 24.0 Å². The highest BCUT2D eigenvalue weighted by molar-refractivity contribution is 5.17. The molecule has 2 aromatic rings. The molecular formula is C18H24N2. The fraction of sp³-hybridized carbons (Fsp3) is 0.333. The average molecular weight is 268 g/mol. The van der Waals surface area contributed by atoms with E-state index in [0.29, 0.717) is 12.6 Å². The molecular weight excluding hydrogens is 244 g/mol. The molecule has 0 fully saturated rings. The third-order valence-electron chi connectivity index (χ3n) is 3.74. The van der Waals surface area contributed by atoms with E-state index in [1.165, 1.54) is 11.1 Å². The van der Waals surface area contributed by atoms with E-state index in [0.717, 1.165) is 19.5 Å². The molecule has 20 heavy (non-hydrogen) atoms. The van der Waals surface area contributed by atoms with Crippen LogP contribution in [-0.2, 0) is 13.0 Å². The highest BCUT2D eigenvalue weighted by Crippen LogP contribution is 2.12. The Morgan fingerprint density at radius 2 is 1.45 bits per heavy atom. The quantitative estimate of drug-likeness (QED) is 0.836.